The molecule has 0 saturated heterocycles. The Kier molecular flexibility index (Phi) is 4.54. The Morgan fingerprint density at radius 3 is 2.25 bits per heavy atom. The van der Waals surface area contributed by atoms with Crippen molar-refractivity contribution in [2.45, 2.75) is 17.7 Å². The lowest BCUT2D eigenvalue weighted by Crippen LogP contribution is -2.11. The van der Waals surface area contributed by atoms with Crippen molar-refractivity contribution in [2.75, 3.05) is 6.54 Å². The molecule has 0 spiro atoms. The zero-order valence-corrected chi connectivity index (χ0v) is 11.9. The molecule has 106 valence electrons. The van der Waals surface area contributed by atoms with Crippen LogP contribution < -0.4 is 10.9 Å². The van der Waals surface area contributed by atoms with Crippen LogP contribution in [-0.4, -0.2) is 15.0 Å². The smallest absolute Gasteiger partial charge is 0.238 e. The maximum Gasteiger partial charge on any atom is 0.238 e. The summed E-state index contributed by atoms with van der Waals surface area (Å²) < 4.78 is 22.8. The number of aryl methyl sites for hydroxylation is 1. The predicted octanol–water partition coefficient (Wildman–Crippen LogP) is 1.89. The fourth-order valence-corrected chi connectivity index (χ4v) is 2.62. The average Bonchev–Trinajstić information content (AvgIpc) is 2.45. The van der Waals surface area contributed by atoms with Crippen molar-refractivity contribution >= 4 is 10.0 Å². The number of sulfonamides is 1. The first-order valence-corrected chi connectivity index (χ1v) is 7.97. The van der Waals surface area contributed by atoms with Gasteiger partial charge in [-0.3, -0.25) is 0 Å². The molecule has 0 atom stereocenters. The quantitative estimate of drug-likeness (QED) is 0.881. The van der Waals surface area contributed by atoms with Crippen LogP contribution in [0.2, 0.25) is 0 Å². The van der Waals surface area contributed by atoms with E-state index in [1.165, 1.54) is 11.6 Å². The van der Waals surface area contributed by atoms with E-state index in [9.17, 15) is 8.42 Å². The molecule has 0 aliphatic carbocycles. The lowest BCUT2D eigenvalue weighted by molar-refractivity contribution is 0.598. The number of hydrogen-bond donors (Lipinski definition) is 2. The van der Waals surface area contributed by atoms with Crippen LogP contribution in [0.1, 0.15) is 12.0 Å². The summed E-state index contributed by atoms with van der Waals surface area (Å²) in [6, 6.07) is 14.7. The second-order valence-corrected chi connectivity index (χ2v) is 6.23. The average molecular weight is 290 g/mol. The minimum absolute atomic E-state index is 0.127. The van der Waals surface area contributed by atoms with Gasteiger partial charge in [-0.05, 0) is 48.2 Å². The summed E-state index contributed by atoms with van der Waals surface area (Å²) in [5.41, 5.74) is 8.52. The lowest BCUT2D eigenvalue weighted by Gasteiger charge is -2.07. The van der Waals surface area contributed by atoms with E-state index in [0.717, 1.165) is 24.0 Å². The number of hydrogen-bond acceptors (Lipinski definition) is 3. The Morgan fingerprint density at radius 1 is 0.950 bits per heavy atom. The van der Waals surface area contributed by atoms with Gasteiger partial charge in [-0.1, -0.05) is 36.4 Å². The normalized spacial score (nSPS) is 11.5. The van der Waals surface area contributed by atoms with E-state index in [4.69, 9.17) is 10.9 Å². The van der Waals surface area contributed by atoms with Crippen molar-refractivity contribution in [2.24, 2.45) is 10.9 Å². The Bertz CT molecular complexity index is 697. The van der Waals surface area contributed by atoms with Crippen LogP contribution in [-0.2, 0) is 16.4 Å². The van der Waals surface area contributed by atoms with Crippen LogP contribution in [0.15, 0.2) is 53.4 Å². The van der Waals surface area contributed by atoms with E-state index < -0.39 is 10.0 Å². The van der Waals surface area contributed by atoms with Gasteiger partial charge < -0.3 is 5.73 Å². The summed E-state index contributed by atoms with van der Waals surface area (Å²) in [6.45, 7) is 0.658. The van der Waals surface area contributed by atoms with Crippen LogP contribution in [0, 0.1) is 0 Å². The topological polar surface area (TPSA) is 86.2 Å². The molecule has 0 saturated carbocycles. The van der Waals surface area contributed by atoms with Gasteiger partial charge in [0.15, 0.2) is 0 Å². The minimum atomic E-state index is -3.67. The Morgan fingerprint density at radius 2 is 1.60 bits per heavy atom. The summed E-state index contributed by atoms with van der Waals surface area (Å²) in [5.74, 6) is 0. The van der Waals surface area contributed by atoms with Gasteiger partial charge in [-0.15, -0.1) is 0 Å². The van der Waals surface area contributed by atoms with Crippen LogP contribution in [0.4, 0.5) is 0 Å². The molecular weight excluding hydrogens is 272 g/mol. The van der Waals surface area contributed by atoms with Gasteiger partial charge in [0.05, 0.1) is 4.90 Å². The van der Waals surface area contributed by atoms with E-state index in [0.29, 0.717) is 6.54 Å². The van der Waals surface area contributed by atoms with E-state index in [1.54, 1.807) is 12.1 Å². The molecule has 4 N–H and O–H groups in total. The van der Waals surface area contributed by atoms with Gasteiger partial charge in [0.2, 0.25) is 10.0 Å². The molecule has 2 aromatic carbocycles. The maximum absolute atomic E-state index is 11.4. The first-order valence-electron chi connectivity index (χ1n) is 6.43. The van der Waals surface area contributed by atoms with Crippen LogP contribution in [0.5, 0.6) is 0 Å². The highest BCUT2D eigenvalue weighted by Gasteiger charge is 2.08. The molecule has 0 amide bonds. The van der Waals surface area contributed by atoms with E-state index in [1.807, 2.05) is 24.3 Å². The molecule has 2 rings (SSSR count). The van der Waals surface area contributed by atoms with Crippen LogP contribution in [0.3, 0.4) is 0 Å². The summed E-state index contributed by atoms with van der Waals surface area (Å²) in [6.07, 6.45) is 1.85. The van der Waals surface area contributed by atoms with Crippen molar-refractivity contribution in [3.63, 3.8) is 0 Å². The summed E-state index contributed by atoms with van der Waals surface area (Å²) in [5, 5.41) is 5.16. The monoisotopic (exact) mass is 290 g/mol. The standard InChI is InChI=1S/C15H18N2O2S/c16-9-3-5-12-4-1-6-13(10-12)14-7-2-8-15(11-14)20(17,18)19/h1-2,4,6-8,10-11H,3,5,9,16H2,(H2,17,18,19). The maximum atomic E-state index is 11.4. The summed E-state index contributed by atoms with van der Waals surface area (Å²) >= 11 is 0. The van der Waals surface area contributed by atoms with Crippen molar-refractivity contribution in [1.29, 1.82) is 0 Å². The van der Waals surface area contributed by atoms with E-state index in [-0.39, 0.29) is 4.90 Å². The van der Waals surface area contributed by atoms with Gasteiger partial charge in [0, 0.05) is 0 Å². The minimum Gasteiger partial charge on any atom is -0.330 e. The first-order chi connectivity index (χ1) is 9.50. The van der Waals surface area contributed by atoms with Crippen molar-refractivity contribution < 1.29 is 8.42 Å². The molecule has 2 aromatic rings. The first kappa shape index (κ1) is 14.7. The summed E-state index contributed by atoms with van der Waals surface area (Å²) in [4.78, 5) is 0.127. The number of benzene rings is 2. The molecular formula is C15H18N2O2S. The third-order valence-corrected chi connectivity index (χ3v) is 4.00. The molecule has 20 heavy (non-hydrogen) atoms. The zero-order chi connectivity index (χ0) is 14.6. The zero-order valence-electron chi connectivity index (χ0n) is 11.1. The molecule has 0 aliphatic rings. The third-order valence-electron chi connectivity index (χ3n) is 3.09. The summed E-state index contributed by atoms with van der Waals surface area (Å²) in [7, 11) is -3.67. The lowest BCUT2D eigenvalue weighted by atomic mass is 10.0. The SMILES string of the molecule is NCCCc1cccc(-c2cccc(S(N)(=O)=O)c2)c1. The predicted molar refractivity (Wildman–Crippen MR) is 80.6 cm³/mol. The molecule has 0 fully saturated rings. The fraction of sp³-hybridized carbons (Fsp3) is 0.200. The highest BCUT2D eigenvalue weighted by Crippen LogP contribution is 2.23. The van der Waals surface area contributed by atoms with Crippen molar-refractivity contribution in [1.82, 2.24) is 0 Å². The van der Waals surface area contributed by atoms with Crippen LogP contribution in [0.25, 0.3) is 11.1 Å². The number of rotatable bonds is 5. The van der Waals surface area contributed by atoms with Gasteiger partial charge in [-0.2, -0.15) is 0 Å². The highest BCUT2D eigenvalue weighted by molar-refractivity contribution is 7.89. The second-order valence-electron chi connectivity index (χ2n) is 4.67. The molecule has 0 heterocycles. The van der Waals surface area contributed by atoms with Crippen molar-refractivity contribution in [3.8, 4) is 11.1 Å². The highest BCUT2D eigenvalue weighted by atomic mass is 32.2. The fourth-order valence-electron chi connectivity index (χ4n) is 2.07. The third kappa shape index (κ3) is 3.66. The molecule has 5 heteroatoms. The molecule has 0 aromatic heterocycles. The molecule has 0 unspecified atom stereocenters. The molecule has 0 bridgehead atoms. The van der Waals surface area contributed by atoms with E-state index in [2.05, 4.69) is 6.07 Å². The van der Waals surface area contributed by atoms with Crippen LogP contribution >= 0.6 is 0 Å². The molecule has 4 nitrogen and oxygen atoms in total. The number of primary sulfonamides is 1. The van der Waals surface area contributed by atoms with E-state index >= 15 is 0 Å². The van der Waals surface area contributed by atoms with Gasteiger partial charge in [0.1, 0.15) is 0 Å². The van der Waals surface area contributed by atoms with Gasteiger partial charge in [-0.25, -0.2) is 13.6 Å². The Hall–Kier alpha value is -1.69. The number of nitrogens with two attached hydrogens (primary N) is 2. The Labute approximate surface area is 119 Å². The Balaban J connectivity index is 2.36. The van der Waals surface area contributed by atoms with Gasteiger partial charge >= 0.3 is 0 Å². The van der Waals surface area contributed by atoms with Gasteiger partial charge in [0.25, 0.3) is 0 Å². The largest absolute Gasteiger partial charge is 0.330 e. The molecule has 0 radical (unpaired) electrons. The molecule has 0 aliphatic heterocycles. The second kappa shape index (κ2) is 6.17. The van der Waals surface area contributed by atoms with Crippen molar-refractivity contribution in [3.05, 3.63) is 54.1 Å².